The zero-order valence-electron chi connectivity index (χ0n) is 15.5. The molecule has 0 saturated heterocycles. The number of aliphatic hydroxyl groups is 1. The van der Waals surface area contributed by atoms with Crippen LogP contribution in [0.15, 0.2) is 72.9 Å². The Morgan fingerprint density at radius 2 is 1.86 bits per heavy atom. The fourth-order valence-corrected chi connectivity index (χ4v) is 3.66. The van der Waals surface area contributed by atoms with E-state index in [2.05, 4.69) is 58.9 Å². The first-order chi connectivity index (χ1) is 13.8. The van der Waals surface area contributed by atoms with Crippen LogP contribution in [0.4, 0.5) is 0 Å². The molecule has 5 heteroatoms. The molecule has 28 heavy (non-hydrogen) atoms. The lowest BCUT2D eigenvalue weighted by atomic mass is 10.0. The Hall–Kier alpha value is -2.66. The second-order valence-corrected chi connectivity index (χ2v) is 7.14. The van der Waals surface area contributed by atoms with Gasteiger partial charge in [-0.2, -0.15) is 5.10 Å². The Bertz CT molecular complexity index is 1080. The molecule has 0 aliphatic heterocycles. The lowest BCUT2D eigenvalue weighted by Gasteiger charge is -2.10. The van der Waals surface area contributed by atoms with Crippen molar-refractivity contribution in [2.24, 2.45) is 0 Å². The highest BCUT2D eigenvalue weighted by atomic mass is 35.5. The summed E-state index contributed by atoms with van der Waals surface area (Å²) in [6.45, 7) is 2.00. The second-order valence-electron chi connectivity index (χ2n) is 6.73. The molecule has 0 atom stereocenters. The normalized spacial score (nSPS) is 11.2. The summed E-state index contributed by atoms with van der Waals surface area (Å²) in [5.74, 6) is 0. The van der Waals surface area contributed by atoms with Crippen LogP contribution in [0.2, 0.25) is 5.02 Å². The van der Waals surface area contributed by atoms with E-state index in [4.69, 9.17) is 16.7 Å². The Kier molecular flexibility index (Phi) is 5.72. The maximum Gasteiger partial charge on any atom is 0.0692 e. The summed E-state index contributed by atoms with van der Waals surface area (Å²) in [6.07, 6.45) is 1.93. The first-order valence-corrected chi connectivity index (χ1v) is 9.73. The fraction of sp³-hybridized carbons (Fsp3) is 0.174. The van der Waals surface area contributed by atoms with Crippen molar-refractivity contribution in [1.82, 2.24) is 15.1 Å². The quantitative estimate of drug-likeness (QED) is 0.456. The minimum Gasteiger partial charge on any atom is -0.395 e. The summed E-state index contributed by atoms with van der Waals surface area (Å²) in [5.41, 5.74) is 5.58. The number of nitrogens with one attached hydrogen (secondary N) is 1. The topological polar surface area (TPSA) is 50.1 Å². The molecule has 4 aromatic rings. The van der Waals surface area contributed by atoms with Crippen LogP contribution in [0.3, 0.4) is 0 Å². The van der Waals surface area contributed by atoms with Crippen molar-refractivity contribution < 1.29 is 5.11 Å². The van der Waals surface area contributed by atoms with E-state index in [9.17, 15) is 0 Å². The number of aromatic nitrogens is 2. The number of fused-ring (bicyclic) bond motifs is 1. The van der Waals surface area contributed by atoms with E-state index < -0.39 is 0 Å². The van der Waals surface area contributed by atoms with Crippen molar-refractivity contribution in [3.05, 3.63) is 89.1 Å². The molecule has 142 valence electrons. The molecule has 1 heterocycles. The van der Waals surface area contributed by atoms with E-state index >= 15 is 0 Å². The maximum atomic E-state index is 8.87. The highest BCUT2D eigenvalue weighted by Crippen LogP contribution is 2.29. The zero-order chi connectivity index (χ0) is 19.3. The van der Waals surface area contributed by atoms with Gasteiger partial charge in [0, 0.05) is 23.5 Å². The van der Waals surface area contributed by atoms with Crippen LogP contribution in [-0.4, -0.2) is 28.0 Å². The summed E-state index contributed by atoms with van der Waals surface area (Å²) in [7, 11) is 0. The molecule has 4 nitrogen and oxygen atoms in total. The Balaban J connectivity index is 1.61. The Morgan fingerprint density at radius 1 is 1.00 bits per heavy atom. The van der Waals surface area contributed by atoms with Gasteiger partial charge < -0.3 is 10.4 Å². The monoisotopic (exact) mass is 391 g/mol. The molecule has 3 aromatic carbocycles. The van der Waals surface area contributed by atoms with Gasteiger partial charge in [-0.25, -0.2) is 0 Å². The van der Waals surface area contributed by atoms with E-state index in [1.165, 1.54) is 11.1 Å². The van der Waals surface area contributed by atoms with Gasteiger partial charge in [0.05, 0.1) is 24.9 Å². The first kappa shape index (κ1) is 18.7. The van der Waals surface area contributed by atoms with Crippen LogP contribution >= 0.6 is 11.6 Å². The standard InChI is InChI=1S/C23H22ClN3O/c24-22-13-17(14-25-11-12-28)9-10-19(22)16-27-23-8-4-7-20(21(23)15-26-27)18-5-2-1-3-6-18/h1-10,13,15,25,28H,11-12,14,16H2. The van der Waals surface area contributed by atoms with Crippen molar-refractivity contribution in [3.63, 3.8) is 0 Å². The molecule has 0 aliphatic rings. The summed E-state index contributed by atoms with van der Waals surface area (Å²) < 4.78 is 1.99. The highest BCUT2D eigenvalue weighted by molar-refractivity contribution is 6.31. The molecular weight excluding hydrogens is 370 g/mol. The molecule has 0 aliphatic carbocycles. The lowest BCUT2D eigenvalue weighted by Crippen LogP contribution is -2.17. The van der Waals surface area contributed by atoms with Crippen molar-refractivity contribution in [2.45, 2.75) is 13.1 Å². The number of rotatable bonds is 7. The molecule has 0 unspecified atom stereocenters. The molecule has 0 amide bonds. The molecule has 0 radical (unpaired) electrons. The van der Waals surface area contributed by atoms with Crippen LogP contribution in [0.1, 0.15) is 11.1 Å². The summed E-state index contributed by atoms with van der Waals surface area (Å²) in [5, 5.41) is 18.5. The highest BCUT2D eigenvalue weighted by Gasteiger charge is 2.10. The summed E-state index contributed by atoms with van der Waals surface area (Å²) in [6, 6.07) is 22.7. The number of benzene rings is 3. The van der Waals surface area contributed by atoms with Gasteiger partial charge in [0.25, 0.3) is 0 Å². The van der Waals surface area contributed by atoms with Crippen molar-refractivity contribution in [3.8, 4) is 11.1 Å². The van der Waals surface area contributed by atoms with E-state index in [-0.39, 0.29) is 6.61 Å². The number of halogens is 1. The van der Waals surface area contributed by atoms with Crippen LogP contribution in [0.25, 0.3) is 22.0 Å². The second kappa shape index (κ2) is 8.57. The van der Waals surface area contributed by atoms with Crippen molar-refractivity contribution in [2.75, 3.05) is 13.2 Å². The summed E-state index contributed by atoms with van der Waals surface area (Å²) >= 11 is 6.52. The first-order valence-electron chi connectivity index (χ1n) is 9.35. The average molecular weight is 392 g/mol. The fourth-order valence-electron chi connectivity index (χ4n) is 3.40. The maximum absolute atomic E-state index is 8.87. The van der Waals surface area contributed by atoms with Gasteiger partial charge >= 0.3 is 0 Å². The average Bonchev–Trinajstić information content (AvgIpc) is 3.14. The molecule has 1 aromatic heterocycles. The van der Waals surface area contributed by atoms with Gasteiger partial charge in [-0.1, -0.05) is 66.2 Å². The molecule has 0 spiro atoms. The predicted octanol–water partition coefficient (Wildman–Crippen LogP) is 4.49. The SMILES string of the molecule is OCCNCc1ccc(Cn2ncc3c(-c4ccccc4)cccc32)c(Cl)c1. The molecule has 2 N–H and O–H groups in total. The Morgan fingerprint density at radius 3 is 2.64 bits per heavy atom. The van der Waals surface area contributed by atoms with E-state index in [1.54, 1.807) is 0 Å². The van der Waals surface area contributed by atoms with Gasteiger partial charge in [0.2, 0.25) is 0 Å². The Labute approximate surface area is 169 Å². The van der Waals surface area contributed by atoms with E-state index in [1.807, 2.05) is 29.1 Å². The third kappa shape index (κ3) is 3.94. The van der Waals surface area contributed by atoms with Crippen LogP contribution in [0, 0.1) is 0 Å². The number of aliphatic hydroxyl groups excluding tert-OH is 1. The number of hydrogen-bond acceptors (Lipinski definition) is 3. The van der Waals surface area contributed by atoms with Crippen LogP contribution in [0.5, 0.6) is 0 Å². The lowest BCUT2D eigenvalue weighted by molar-refractivity contribution is 0.292. The minimum atomic E-state index is 0.128. The molecule has 0 saturated carbocycles. The molecule has 4 rings (SSSR count). The van der Waals surface area contributed by atoms with Gasteiger partial charge in [-0.05, 0) is 34.4 Å². The third-order valence-corrected chi connectivity index (χ3v) is 5.18. The predicted molar refractivity (Wildman–Crippen MR) is 115 cm³/mol. The van der Waals surface area contributed by atoms with Crippen molar-refractivity contribution >= 4 is 22.5 Å². The zero-order valence-corrected chi connectivity index (χ0v) is 16.2. The largest absolute Gasteiger partial charge is 0.395 e. The van der Waals surface area contributed by atoms with Gasteiger partial charge in [0.1, 0.15) is 0 Å². The minimum absolute atomic E-state index is 0.128. The molecular formula is C23H22ClN3O. The van der Waals surface area contributed by atoms with Gasteiger partial charge in [-0.15, -0.1) is 0 Å². The smallest absolute Gasteiger partial charge is 0.0692 e. The van der Waals surface area contributed by atoms with Gasteiger partial charge in [0.15, 0.2) is 0 Å². The third-order valence-electron chi connectivity index (χ3n) is 4.83. The summed E-state index contributed by atoms with van der Waals surface area (Å²) in [4.78, 5) is 0. The van der Waals surface area contributed by atoms with Crippen molar-refractivity contribution in [1.29, 1.82) is 0 Å². The van der Waals surface area contributed by atoms with E-state index in [0.29, 0.717) is 19.6 Å². The number of hydrogen-bond donors (Lipinski definition) is 2. The van der Waals surface area contributed by atoms with Gasteiger partial charge in [-0.3, -0.25) is 4.68 Å². The van der Waals surface area contributed by atoms with Crippen LogP contribution < -0.4 is 5.32 Å². The molecule has 0 bridgehead atoms. The van der Waals surface area contributed by atoms with Crippen LogP contribution in [-0.2, 0) is 13.1 Å². The molecule has 0 fully saturated rings. The van der Waals surface area contributed by atoms with E-state index in [0.717, 1.165) is 27.1 Å². The number of nitrogens with zero attached hydrogens (tertiary/aromatic N) is 2.